The summed E-state index contributed by atoms with van der Waals surface area (Å²) in [5.41, 5.74) is 5.72. The van der Waals surface area contributed by atoms with E-state index < -0.39 is 4.92 Å². The van der Waals surface area contributed by atoms with Gasteiger partial charge in [0.1, 0.15) is 5.03 Å². The van der Waals surface area contributed by atoms with Crippen molar-refractivity contribution in [2.75, 3.05) is 11.1 Å². The lowest BCUT2D eigenvalue weighted by Gasteiger charge is -2.09. The molecule has 0 bridgehead atoms. The first-order valence-corrected chi connectivity index (χ1v) is 9.91. The number of thioether (sulfide) groups is 1. The maximum atomic E-state index is 12.1. The number of nitrogens with one attached hydrogen (secondary N) is 1. The number of aryl methyl sites for hydroxylation is 3. The summed E-state index contributed by atoms with van der Waals surface area (Å²) in [6.07, 6.45) is 0. The number of amides is 1. The third-order valence-corrected chi connectivity index (χ3v) is 5.37. The summed E-state index contributed by atoms with van der Waals surface area (Å²) in [6.45, 7) is 6.19. The number of nitrogens with zero attached hydrogens (tertiary/aromatic N) is 3. The lowest BCUT2D eigenvalue weighted by atomic mass is 9.99. The number of benzene rings is 2. The highest BCUT2D eigenvalue weighted by Gasteiger charge is 2.10. The quantitative estimate of drug-likeness (QED) is 0.360. The number of nitro groups is 1. The van der Waals surface area contributed by atoms with Crippen LogP contribution < -0.4 is 5.32 Å². The Bertz CT molecular complexity index is 1070. The molecule has 0 spiro atoms. The Morgan fingerprint density at radius 2 is 1.79 bits per heavy atom. The van der Waals surface area contributed by atoms with Gasteiger partial charge in [-0.2, -0.15) is 0 Å². The van der Waals surface area contributed by atoms with Crippen molar-refractivity contribution in [1.29, 1.82) is 0 Å². The molecular weight excluding hydrogens is 388 g/mol. The number of hydrogen-bond acceptors (Lipinski definition) is 6. The highest BCUT2D eigenvalue weighted by Crippen LogP contribution is 2.26. The average Bonchev–Trinajstić information content (AvgIpc) is 2.70. The van der Waals surface area contributed by atoms with Crippen LogP contribution in [0.5, 0.6) is 0 Å². The second kappa shape index (κ2) is 8.83. The lowest BCUT2D eigenvalue weighted by molar-refractivity contribution is -0.384. The van der Waals surface area contributed by atoms with Crippen LogP contribution in [0, 0.1) is 30.9 Å². The molecule has 0 radical (unpaired) electrons. The maximum absolute atomic E-state index is 12.1. The van der Waals surface area contributed by atoms with E-state index in [2.05, 4.69) is 41.5 Å². The van der Waals surface area contributed by atoms with Crippen molar-refractivity contribution in [1.82, 2.24) is 10.2 Å². The van der Waals surface area contributed by atoms with Gasteiger partial charge < -0.3 is 5.32 Å². The van der Waals surface area contributed by atoms with Gasteiger partial charge in [0.15, 0.2) is 0 Å². The smallest absolute Gasteiger partial charge is 0.271 e. The monoisotopic (exact) mass is 408 g/mol. The van der Waals surface area contributed by atoms with Gasteiger partial charge in [-0.05, 0) is 61.7 Å². The molecule has 0 aliphatic heterocycles. The SMILES string of the molecule is Cc1cc(C)c(-c2ccc(SCC(=O)Nc3cccc([N+](=O)[O-])c3)nn2)cc1C. The van der Waals surface area contributed by atoms with E-state index in [9.17, 15) is 14.9 Å². The van der Waals surface area contributed by atoms with E-state index in [1.54, 1.807) is 6.07 Å². The predicted molar refractivity (Wildman–Crippen MR) is 114 cm³/mol. The molecule has 0 aliphatic rings. The number of hydrogen-bond donors (Lipinski definition) is 1. The van der Waals surface area contributed by atoms with Crippen LogP contribution >= 0.6 is 11.8 Å². The van der Waals surface area contributed by atoms with E-state index in [4.69, 9.17) is 0 Å². The number of non-ortho nitro benzene ring substituents is 1. The van der Waals surface area contributed by atoms with Crippen molar-refractivity contribution in [2.24, 2.45) is 0 Å². The fourth-order valence-electron chi connectivity index (χ4n) is 2.81. The molecule has 3 aromatic rings. The molecular formula is C21H20N4O3S. The topological polar surface area (TPSA) is 98.0 Å². The second-order valence-electron chi connectivity index (χ2n) is 6.65. The van der Waals surface area contributed by atoms with E-state index in [-0.39, 0.29) is 17.3 Å². The molecule has 0 aliphatic carbocycles. The number of rotatable bonds is 6. The summed E-state index contributed by atoms with van der Waals surface area (Å²) < 4.78 is 0. The molecule has 0 atom stereocenters. The molecule has 0 fully saturated rings. The molecule has 3 rings (SSSR count). The minimum atomic E-state index is -0.501. The van der Waals surface area contributed by atoms with Crippen LogP contribution in [0.3, 0.4) is 0 Å². The lowest BCUT2D eigenvalue weighted by Crippen LogP contribution is -2.14. The van der Waals surface area contributed by atoms with Gasteiger partial charge in [0.05, 0.1) is 16.4 Å². The van der Waals surface area contributed by atoms with Crippen molar-refractivity contribution in [3.63, 3.8) is 0 Å². The fraction of sp³-hybridized carbons (Fsp3) is 0.190. The first-order chi connectivity index (χ1) is 13.8. The van der Waals surface area contributed by atoms with Gasteiger partial charge in [0.2, 0.25) is 5.91 Å². The van der Waals surface area contributed by atoms with Crippen molar-refractivity contribution < 1.29 is 9.72 Å². The zero-order valence-electron chi connectivity index (χ0n) is 16.3. The molecule has 29 heavy (non-hydrogen) atoms. The van der Waals surface area contributed by atoms with Crippen LogP contribution in [0.25, 0.3) is 11.3 Å². The van der Waals surface area contributed by atoms with Crippen LogP contribution in [0.1, 0.15) is 16.7 Å². The Morgan fingerprint density at radius 3 is 2.48 bits per heavy atom. The molecule has 2 aromatic carbocycles. The van der Waals surface area contributed by atoms with Gasteiger partial charge in [-0.25, -0.2) is 0 Å². The number of aromatic nitrogens is 2. The number of carbonyl (C=O) groups is 1. The fourth-order valence-corrected chi connectivity index (χ4v) is 3.42. The highest BCUT2D eigenvalue weighted by atomic mass is 32.2. The second-order valence-corrected chi connectivity index (χ2v) is 7.65. The summed E-state index contributed by atoms with van der Waals surface area (Å²) in [5.74, 6) is -0.147. The first-order valence-electron chi connectivity index (χ1n) is 8.92. The Hall–Kier alpha value is -3.26. The zero-order chi connectivity index (χ0) is 21.0. The third kappa shape index (κ3) is 5.17. The summed E-state index contributed by atoms with van der Waals surface area (Å²) in [6, 6.07) is 13.8. The Labute approximate surface area is 172 Å². The van der Waals surface area contributed by atoms with Gasteiger partial charge in [-0.3, -0.25) is 14.9 Å². The number of carbonyl (C=O) groups excluding carboxylic acids is 1. The van der Waals surface area contributed by atoms with E-state index in [0.29, 0.717) is 10.7 Å². The predicted octanol–water partition coefficient (Wildman–Crippen LogP) is 4.71. The average molecular weight is 408 g/mol. The Morgan fingerprint density at radius 1 is 1.03 bits per heavy atom. The van der Waals surface area contributed by atoms with Crippen molar-refractivity contribution in [2.45, 2.75) is 25.8 Å². The largest absolute Gasteiger partial charge is 0.325 e. The number of anilines is 1. The van der Waals surface area contributed by atoms with Gasteiger partial charge >= 0.3 is 0 Å². The Balaban J connectivity index is 1.62. The van der Waals surface area contributed by atoms with Gasteiger partial charge in [0, 0.05) is 23.4 Å². The molecule has 0 saturated heterocycles. The van der Waals surface area contributed by atoms with Crippen molar-refractivity contribution in [3.05, 3.63) is 75.3 Å². The first kappa shape index (κ1) is 20.5. The van der Waals surface area contributed by atoms with E-state index in [1.165, 1.54) is 41.1 Å². The minimum absolute atomic E-state index is 0.0708. The summed E-state index contributed by atoms with van der Waals surface area (Å²) in [5, 5.41) is 22.6. The van der Waals surface area contributed by atoms with Crippen LogP contribution in [0.4, 0.5) is 11.4 Å². The van der Waals surface area contributed by atoms with E-state index in [1.807, 2.05) is 19.1 Å². The maximum Gasteiger partial charge on any atom is 0.271 e. The van der Waals surface area contributed by atoms with Gasteiger partial charge in [-0.15, -0.1) is 10.2 Å². The summed E-state index contributed by atoms with van der Waals surface area (Å²) in [7, 11) is 0. The van der Waals surface area contributed by atoms with Crippen molar-refractivity contribution >= 4 is 29.0 Å². The summed E-state index contributed by atoms with van der Waals surface area (Å²) >= 11 is 1.25. The normalized spacial score (nSPS) is 10.6. The molecule has 1 aromatic heterocycles. The van der Waals surface area contributed by atoms with E-state index in [0.717, 1.165) is 16.8 Å². The highest BCUT2D eigenvalue weighted by molar-refractivity contribution is 7.99. The summed E-state index contributed by atoms with van der Waals surface area (Å²) in [4.78, 5) is 22.4. The molecule has 0 unspecified atom stereocenters. The van der Waals surface area contributed by atoms with Gasteiger partial charge in [0.25, 0.3) is 5.69 Å². The van der Waals surface area contributed by atoms with Crippen LogP contribution in [0.2, 0.25) is 0 Å². The molecule has 0 saturated carbocycles. The molecule has 8 heteroatoms. The van der Waals surface area contributed by atoms with Crippen LogP contribution in [-0.4, -0.2) is 26.8 Å². The molecule has 148 valence electrons. The van der Waals surface area contributed by atoms with Crippen molar-refractivity contribution in [3.8, 4) is 11.3 Å². The van der Waals surface area contributed by atoms with E-state index >= 15 is 0 Å². The molecule has 7 nitrogen and oxygen atoms in total. The van der Waals surface area contributed by atoms with Crippen LogP contribution in [0.15, 0.2) is 53.6 Å². The standard InChI is InChI=1S/C21H20N4O3S/c1-13-9-15(3)18(10-14(13)2)19-7-8-21(24-23-19)29-12-20(26)22-16-5-4-6-17(11-16)25(27)28/h4-11H,12H2,1-3H3,(H,22,26). The van der Waals surface area contributed by atoms with Gasteiger partial charge in [-0.1, -0.05) is 23.9 Å². The minimum Gasteiger partial charge on any atom is -0.325 e. The third-order valence-electron chi connectivity index (χ3n) is 4.45. The van der Waals surface area contributed by atoms with Crippen LogP contribution in [-0.2, 0) is 4.79 Å². The number of nitro benzene ring substituents is 1. The Kier molecular flexibility index (Phi) is 6.23. The zero-order valence-corrected chi connectivity index (χ0v) is 17.1. The molecule has 1 N–H and O–H groups in total. The molecule has 1 amide bonds. The molecule has 1 heterocycles.